The highest BCUT2D eigenvalue weighted by Gasteiger charge is 2.18. The predicted molar refractivity (Wildman–Crippen MR) is 132 cm³/mol. The van der Waals surface area contributed by atoms with Gasteiger partial charge in [0.1, 0.15) is 5.76 Å². The quantitative estimate of drug-likeness (QED) is 0.234. The number of hydrogen-bond donors (Lipinski definition) is 1. The second-order valence-corrected chi connectivity index (χ2v) is 9.99. The fourth-order valence-corrected chi connectivity index (χ4v) is 6.06. The van der Waals surface area contributed by atoms with Gasteiger partial charge in [-0.15, -0.1) is 10.2 Å². The van der Waals surface area contributed by atoms with Crippen LogP contribution in [0.25, 0.3) is 11.4 Å². The number of aromatic nitrogens is 3. The number of benzene rings is 2. The summed E-state index contributed by atoms with van der Waals surface area (Å²) in [6.07, 6.45) is 1.63. The van der Waals surface area contributed by atoms with Crippen LogP contribution in [0.15, 0.2) is 83.9 Å². The number of amides is 1. The van der Waals surface area contributed by atoms with Crippen molar-refractivity contribution in [3.8, 4) is 11.4 Å². The van der Waals surface area contributed by atoms with E-state index in [1.807, 2.05) is 59.2 Å². The molecule has 2 aromatic carbocycles. The summed E-state index contributed by atoms with van der Waals surface area (Å²) in [7, 11) is 0. The topological polar surface area (TPSA) is 73.0 Å². The number of furan rings is 1. The molecular weight excluding hydrogens is 612 g/mol. The van der Waals surface area contributed by atoms with Crippen molar-refractivity contribution in [2.24, 2.45) is 0 Å². The average molecular weight is 627 g/mol. The molecule has 1 N–H and O–H groups in total. The lowest BCUT2D eigenvalue weighted by Crippen LogP contribution is -2.15. The van der Waals surface area contributed by atoms with Gasteiger partial charge in [0.25, 0.3) is 0 Å². The molecule has 0 fully saturated rings. The molecule has 2 heterocycles. The SMILES string of the molecule is O=C(CSc1nnc(-c2ccccc2)n1Cc1ccco1)Nc1c(Br)cc(Br)cc1Br. The van der Waals surface area contributed by atoms with Crippen molar-refractivity contribution in [1.29, 1.82) is 0 Å². The van der Waals surface area contributed by atoms with E-state index in [0.717, 1.165) is 30.6 Å². The van der Waals surface area contributed by atoms with Gasteiger partial charge in [-0.05, 0) is 56.1 Å². The van der Waals surface area contributed by atoms with Gasteiger partial charge >= 0.3 is 0 Å². The number of thioether (sulfide) groups is 1. The van der Waals surface area contributed by atoms with Gasteiger partial charge in [0, 0.05) is 19.0 Å². The summed E-state index contributed by atoms with van der Waals surface area (Å²) in [5.74, 6) is 1.53. The molecule has 0 saturated heterocycles. The molecule has 158 valence electrons. The van der Waals surface area contributed by atoms with Crippen molar-refractivity contribution in [2.75, 3.05) is 11.1 Å². The van der Waals surface area contributed by atoms with Crippen LogP contribution in [0.4, 0.5) is 5.69 Å². The van der Waals surface area contributed by atoms with Crippen molar-refractivity contribution >= 4 is 71.1 Å². The summed E-state index contributed by atoms with van der Waals surface area (Å²) in [5.41, 5.74) is 1.62. The summed E-state index contributed by atoms with van der Waals surface area (Å²) >= 11 is 11.7. The zero-order valence-corrected chi connectivity index (χ0v) is 21.5. The molecule has 0 aliphatic heterocycles. The first-order valence-corrected chi connectivity index (χ1v) is 12.5. The first kappa shape index (κ1) is 22.3. The third kappa shape index (κ3) is 5.49. The molecule has 0 bridgehead atoms. The summed E-state index contributed by atoms with van der Waals surface area (Å²) in [6, 6.07) is 17.3. The number of carbonyl (C=O) groups is 1. The fourth-order valence-electron chi connectivity index (χ4n) is 2.86. The molecule has 0 saturated carbocycles. The zero-order valence-electron chi connectivity index (χ0n) is 15.9. The minimum Gasteiger partial charge on any atom is -0.467 e. The van der Waals surface area contributed by atoms with E-state index < -0.39 is 0 Å². The first-order valence-electron chi connectivity index (χ1n) is 9.09. The Hall–Kier alpha value is -1.88. The predicted octanol–water partition coefficient (Wildman–Crippen LogP) is 6.60. The molecule has 0 radical (unpaired) electrons. The molecule has 0 aliphatic carbocycles. The van der Waals surface area contributed by atoms with E-state index in [9.17, 15) is 4.79 Å². The Kier molecular flexibility index (Phi) is 7.31. The van der Waals surface area contributed by atoms with Crippen LogP contribution in [-0.4, -0.2) is 26.4 Å². The van der Waals surface area contributed by atoms with E-state index in [2.05, 4.69) is 63.3 Å². The second kappa shape index (κ2) is 10.2. The van der Waals surface area contributed by atoms with Crippen LogP contribution in [0.5, 0.6) is 0 Å². The lowest BCUT2D eigenvalue weighted by molar-refractivity contribution is -0.113. The standard InChI is InChI=1S/C21H15Br3N4O2S/c22-14-9-16(23)19(17(24)10-14)25-18(29)12-31-21-27-26-20(13-5-2-1-3-6-13)28(21)11-15-7-4-8-30-15/h1-10H,11-12H2,(H,25,29). The van der Waals surface area contributed by atoms with Gasteiger partial charge in [-0.3, -0.25) is 9.36 Å². The molecule has 4 aromatic rings. The number of nitrogens with zero attached hydrogens (tertiary/aromatic N) is 3. The molecular formula is C21H15Br3N4O2S. The molecule has 0 aliphatic rings. The van der Waals surface area contributed by atoms with E-state index in [1.165, 1.54) is 11.8 Å². The highest BCUT2D eigenvalue weighted by Crippen LogP contribution is 2.34. The van der Waals surface area contributed by atoms with Crippen molar-refractivity contribution in [3.63, 3.8) is 0 Å². The van der Waals surface area contributed by atoms with Crippen LogP contribution in [0.1, 0.15) is 5.76 Å². The molecule has 0 spiro atoms. The molecule has 0 unspecified atom stereocenters. The molecule has 0 atom stereocenters. The summed E-state index contributed by atoms with van der Waals surface area (Å²) in [5, 5.41) is 12.3. The first-order chi connectivity index (χ1) is 15.0. The Balaban J connectivity index is 1.53. The van der Waals surface area contributed by atoms with Gasteiger partial charge in [0.2, 0.25) is 5.91 Å². The molecule has 6 nitrogen and oxygen atoms in total. The minimum absolute atomic E-state index is 0.150. The summed E-state index contributed by atoms with van der Waals surface area (Å²) < 4.78 is 9.93. The zero-order chi connectivity index (χ0) is 21.8. The lowest BCUT2D eigenvalue weighted by atomic mass is 10.2. The van der Waals surface area contributed by atoms with E-state index in [0.29, 0.717) is 17.4 Å². The van der Waals surface area contributed by atoms with Gasteiger partial charge in [0.15, 0.2) is 11.0 Å². The monoisotopic (exact) mass is 624 g/mol. The minimum atomic E-state index is -0.150. The highest BCUT2D eigenvalue weighted by atomic mass is 79.9. The van der Waals surface area contributed by atoms with E-state index >= 15 is 0 Å². The second-order valence-electron chi connectivity index (χ2n) is 6.42. The van der Waals surface area contributed by atoms with Gasteiger partial charge in [-0.1, -0.05) is 58.0 Å². The third-order valence-corrected chi connectivity index (χ3v) is 6.92. The van der Waals surface area contributed by atoms with Gasteiger partial charge in [-0.2, -0.15) is 0 Å². The maximum atomic E-state index is 12.6. The highest BCUT2D eigenvalue weighted by molar-refractivity contribution is 9.11. The van der Waals surface area contributed by atoms with Crippen LogP contribution >= 0.6 is 59.6 Å². The molecule has 4 rings (SSSR count). The van der Waals surface area contributed by atoms with Gasteiger partial charge in [0.05, 0.1) is 24.2 Å². The summed E-state index contributed by atoms with van der Waals surface area (Å²) in [4.78, 5) is 12.6. The van der Waals surface area contributed by atoms with Crippen molar-refractivity contribution in [3.05, 3.63) is 80.0 Å². The van der Waals surface area contributed by atoms with Crippen molar-refractivity contribution < 1.29 is 9.21 Å². The Morgan fingerprint density at radius 3 is 2.45 bits per heavy atom. The number of carbonyl (C=O) groups excluding carboxylic acids is 1. The van der Waals surface area contributed by atoms with Crippen LogP contribution < -0.4 is 5.32 Å². The smallest absolute Gasteiger partial charge is 0.234 e. The normalized spacial score (nSPS) is 10.9. The van der Waals surface area contributed by atoms with Gasteiger partial charge in [-0.25, -0.2) is 0 Å². The number of anilines is 1. The maximum absolute atomic E-state index is 12.6. The van der Waals surface area contributed by atoms with Crippen molar-refractivity contribution in [1.82, 2.24) is 14.8 Å². The lowest BCUT2D eigenvalue weighted by Gasteiger charge is -2.11. The van der Waals surface area contributed by atoms with Gasteiger partial charge < -0.3 is 9.73 Å². The van der Waals surface area contributed by atoms with E-state index in [4.69, 9.17) is 4.42 Å². The number of halogens is 3. The summed E-state index contributed by atoms with van der Waals surface area (Å²) in [6.45, 7) is 0.470. The average Bonchev–Trinajstić information content (AvgIpc) is 3.40. The maximum Gasteiger partial charge on any atom is 0.234 e. The Bertz CT molecular complexity index is 1170. The Morgan fingerprint density at radius 1 is 1.03 bits per heavy atom. The number of nitrogens with one attached hydrogen (secondary N) is 1. The van der Waals surface area contributed by atoms with Crippen LogP contribution in [0.2, 0.25) is 0 Å². The number of hydrogen-bond acceptors (Lipinski definition) is 5. The number of rotatable bonds is 7. The Morgan fingerprint density at radius 2 is 1.77 bits per heavy atom. The van der Waals surface area contributed by atoms with Crippen LogP contribution in [0.3, 0.4) is 0 Å². The fraction of sp³-hybridized carbons (Fsp3) is 0.0952. The molecule has 31 heavy (non-hydrogen) atoms. The van der Waals surface area contributed by atoms with Crippen LogP contribution in [-0.2, 0) is 11.3 Å². The third-order valence-electron chi connectivity index (χ3n) is 4.25. The molecule has 10 heteroatoms. The molecule has 2 aromatic heterocycles. The van der Waals surface area contributed by atoms with Crippen LogP contribution in [0, 0.1) is 0 Å². The Labute approximate surface area is 208 Å². The van der Waals surface area contributed by atoms with Crippen molar-refractivity contribution in [2.45, 2.75) is 11.7 Å². The largest absolute Gasteiger partial charge is 0.467 e. The van der Waals surface area contributed by atoms with E-state index in [1.54, 1.807) is 6.26 Å². The van der Waals surface area contributed by atoms with E-state index in [-0.39, 0.29) is 11.7 Å². The molecule has 1 amide bonds.